The highest BCUT2D eigenvalue weighted by atomic mass is 19.4. The van der Waals surface area contributed by atoms with E-state index in [-0.39, 0.29) is 11.5 Å². The molecule has 102 valence electrons. The second-order valence-electron chi connectivity index (χ2n) is 3.75. The quantitative estimate of drug-likeness (QED) is 0.888. The predicted molar refractivity (Wildman–Crippen MR) is 61.9 cm³/mol. The van der Waals surface area contributed by atoms with Gasteiger partial charge in [-0.15, -0.1) is 0 Å². The maximum Gasteiger partial charge on any atom is 0.416 e. The number of nitrogens with two attached hydrogens (primary N) is 1. The standard InChI is InChI=1S/C12H16F3NO2/c1-17-10-6-8(12(13,14)15)7-11(18-2)9(10)4-3-5-16/h6-7H,3-5,16H2,1-2H3. The highest BCUT2D eigenvalue weighted by molar-refractivity contribution is 5.49. The molecule has 0 amide bonds. The van der Waals surface area contributed by atoms with E-state index in [1.165, 1.54) is 14.2 Å². The average molecular weight is 263 g/mol. The summed E-state index contributed by atoms with van der Waals surface area (Å²) in [7, 11) is 2.67. The molecular formula is C12H16F3NO2. The first-order valence-electron chi connectivity index (χ1n) is 5.46. The van der Waals surface area contributed by atoms with Crippen molar-refractivity contribution in [3.8, 4) is 11.5 Å². The molecule has 0 fully saturated rings. The molecule has 0 spiro atoms. The third-order valence-electron chi connectivity index (χ3n) is 2.57. The molecule has 6 heteroatoms. The Morgan fingerprint density at radius 1 is 1.11 bits per heavy atom. The van der Waals surface area contributed by atoms with Gasteiger partial charge in [0, 0.05) is 5.56 Å². The number of alkyl halides is 3. The first-order valence-corrected chi connectivity index (χ1v) is 5.46. The van der Waals surface area contributed by atoms with Gasteiger partial charge in [-0.3, -0.25) is 0 Å². The zero-order chi connectivity index (χ0) is 13.8. The van der Waals surface area contributed by atoms with Crippen molar-refractivity contribution in [3.05, 3.63) is 23.3 Å². The van der Waals surface area contributed by atoms with Gasteiger partial charge >= 0.3 is 6.18 Å². The molecule has 3 nitrogen and oxygen atoms in total. The summed E-state index contributed by atoms with van der Waals surface area (Å²) >= 11 is 0. The van der Waals surface area contributed by atoms with Gasteiger partial charge in [-0.2, -0.15) is 13.2 Å². The van der Waals surface area contributed by atoms with Crippen LogP contribution in [0.25, 0.3) is 0 Å². The number of ether oxygens (including phenoxy) is 2. The summed E-state index contributed by atoms with van der Waals surface area (Å²) in [5.74, 6) is 0.352. The van der Waals surface area contributed by atoms with E-state index in [1.54, 1.807) is 0 Å². The molecule has 0 aromatic heterocycles. The summed E-state index contributed by atoms with van der Waals surface area (Å²) in [6.07, 6.45) is -3.26. The fraction of sp³-hybridized carbons (Fsp3) is 0.500. The Balaban J connectivity index is 3.25. The average Bonchev–Trinajstić information content (AvgIpc) is 2.33. The van der Waals surface area contributed by atoms with Crippen LogP contribution in [0.4, 0.5) is 13.2 Å². The van der Waals surface area contributed by atoms with E-state index < -0.39 is 11.7 Å². The highest BCUT2D eigenvalue weighted by Crippen LogP contribution is 2.38. The largest absolute Gasteiger partial charge is 0.496 e. The summed E-state index contributed by atoms with van der Waals surface area (Å²) in [4.78, 5) is 0. The van der Waals surface area contributed by atoms with Gasteiger partial charge < -0.3 is 15.2 Å². The molecule has 1 aromatic carbocycles. The molecule has 0 unspecified atom stereocenters. The van der Waals surface area contributed by atoms with Crippen LogP contribution in [0.1, 0.15) is 17.5 Å². The second-order valence-corrected chi connectivity index (χ2v) is 3.75. The van der Waals surface area contributed by atoms with Crippen LogP contribution >= 0.6 is 0 Å². The summed E-state index contributed by atoms with van der Waals surface area (Å²) in [6.45, 7) is 0.452. The van der Waals surface area contributed by atoms with Crippen LogP contribution < -0.4 is 15.2 Å². The van der Waals surface area contributed by atoms with E-state index in [4.69, 9.17) is 15.2 Å². The zero-order valence-electron chi connectivity index (χ0n) is 10.3. The van der Waals surface area contributed by atoms with Gasteiger partial charge in [0.05, 0.1) is 19.8 Å². The van der Waals surface area contributed by atoms with Gasteiger partial charge in [-0.1, -0.05) is 0 Å². The molecule has 18 heavy (non-hydrogen) atoms. The maximum absolute atomic E-state index is 12.7. The van der Waals surface area contributed by atoms with Gasteiger partial charge in [0.15, 0.2) is 0 Å². The van der Waals surface area contributed by atoms with Gasteiger partial charge in [0.2, 0.25) is 0 Å². The Labute approximate surface area is 104 Å². The van der Waals surface area contributed by atoms with Gasteiger partial charge in [-0.25, -0.2) is 0 Å². The summed E-state index contributed by atoms with van der Waals surface area (Å²) in [5.41, 5.74) is 5.22. The number of hydrogen-bond donors (Lipinski definition) is 1. The van der Waals surface area contributed by atoms with Crippen LogP contribution in [0.15, 0.2) is 12.1 Å². The van der Waals surface area contributed by atoms with Crippen molar-refractivity contribution in [3.63, 3.8) is 0 Å². The SMILES string of the molecule is COc1cc(C(F)(F)F)cc(OC)c1CCCN. The third-order valence-corrected chi connectivity index (χ3v) is 2.57. The van der Waals surface area contributed by atoms with Crippen molar-refractivity contribution in [1.82, 2.24) is 0 Å². The molecule has 0 aliphatic rings. The first-order chi connectivity index (χ1) is 8.43. The van der Waals surface area contributed by atoms with E-state index in [2.05, 4.69) is 0 Å². The van der Waals surface area contributed by atoms with Gasteiger partial charge in [0.1, 0.15) is 11.5 Å². The number of halogens is 3. The molecule has 0 bridgehead atoms. The minimum Gasteiger partial charge on any atom is -0.496 e. The molecule has 2 N–H and O–H groups in total. The fourth-order valence-corrected chi connectivity index (χ4v) is 1.67. The lowest BCUT2D eigenvalue weighted by Gasteiger charge is -2.16. The van der Waals surface area contributed by atoms with Crippen molar-refractivity contribution >= 4 is 0 Å². The number of rotatable bonds is 5. The lowest BCUT2D eigenvalue weighted by atomic mass is 10.0. The Hall–Kier alpha value is -1.43. The topological polar surface area (TPSA) is 44.5 Å². The smallest absolute Gasteiger partial charge is 0.416 e. The van der Waals surface area contributed by atoms with Crippen molar-refractivity contribution in [2.45, 2.75) is 19.0 Å². The van der Waals surface area contributed by atoms with E-state index in [9.17, 15) is 13.2 Å². The Kier molecular flexibility index (Phi) is 4.84. The molecule has 0 heterocycles. The Morgan fingerprint density at radius 2 is 1.61 bits per heavy atom. The Morgan fingerprint density at radius 3 is 1.94 bits per heavy atom. The number of methoxy groups -OCH3 is 2. The molecule has 0 saturated heterocycles. The molecule has 0 aliphatic heterocycles. The summed E-state index contributed by atoms with van der Waals surface area (Å²) in [6, 6.07) is 1.96. The molecule has 1 aromatic rings. The van der Waals surface area contributed by atoms with Crippen LogP contribution in [0, 0.1) is 0 Å². The van der Waals surface area contributed by atoms with Gasteiger partial charge in [-0.05, 0) is 31.5 Å². The molecule has 0 atom stereocenters. The highest BCUT2D eigenvalue weighted by Gasteiger charge is 2.32. The molecular weight excluding hydrogens is 247 g/mol. The lowest BCUT2D eigenvalue weighted by Crippen LogP contribution is -2.08. The Bertz CT molecular complexity index is 380. The normalized spacial score (nSPS) is 11.4. The van der Waals surface area contributed by atoms with E-state index >= 15 is 0 Å². The second kappa shape index (κ2) is 5.95. The van der Waals surface area contributed by atoms with E-state index in [1.807, 2.05) is 0 Å². The molecule has 0 radical (unpaired) electrons. The number of hydrogen-bond acceptors (Lipinski definition) is 3. The number of benzene rings is 1. The lowest BCUT2D eigenvalue weighted by molar-refractivity contribution is -0.137. The third kappa shape index (κ3) is 3.29. The van der Waals surface area contributed by atoms with E-state index in [0.717, 1.165) is 12.1 Å². The van der Waals surface area contributed by atoms with E-state index in [0.29, 0.717) is 24.9 Å². The van der Waals surface area contributed by atoms with Crippen LogP contribution in [0.2, 0.25) is 0 Å². The zero-order valence-corrected chi connectivity index (χ0v) is 10.3. The summed E-state index contributed by atoms with van der Waals surface area (Å²) < 4.78 is 48.0. The van der Waals surface area contributed by atoms with Crippen LogP contribution in [0.3, 0.4) is 0 Å². The summed E-state index contributed by atoms with van der Waals surface area (Å²) in [5, 5.41) is 0. The van der Waals surface area contributed by atoms with Crippen LogP contribution in [-0.4, -0.2) is 20.8 Å². The van der Waals surface area contributed by atoms with Crippen molar-refractivity contribution in [2.75, 3.05) is 20.8 Å². The first kappa shape index (κ1) is 14.6. The molecule has 0 saturated carbocycles. The fourth-order valence-electron chi connectivity index (χ4n) is 1.67. The monoisotopic (exact) mass is 263 g/mol. The van der Waals surface area contributed by atoms with Crippen LogP contribution in [0.5, 0.6) is 11.5 Å². The van der Waals surface area contributed by atoms with Crippen LogP contribution in [-0.2, 0) is 12.6 Å². The van der Waals surface area contributed by atoms with Gasteiger partial charge in [0.25, 0.3) is 0 Å². The van der Waals surface area contributed by atoms with Crippen molar-refractivity contribution in [1.29, 1.82) is 0 Å². The molecule has 1 rings (SSSR count). The minimum atomic E-state index is -4.42. The molecule has 0 aliphatic carbocycles. The predicted octanol–water partition coefficient (Wildman–Crippen LogP) is 2.61. The van der Waals surface area contributed by atoms with Crippen molar-refractivity contribution < 1.29 is 22.6 Å². The minimum absolute atomic E-state index is 0.176. The van der Waals surface area contributed by atoms with Crippen molar-refractivity contribution in [2.24, 2.45) is 5.73 Å². The maximum atomic E-state index is 12.7.